The van der Waals surface area contributed by atoms with E-state index in [0.717, 1.165) is 31.0 Å². The van der Waals surface area contributed by atoms with Crippen LogP contribution in [0.15, 0.2) is 35.3 Å². The van der Waals surface area contributed by atoms with Gasteiger partial charge in [-0.2, -0.15) is 11.8 Å². The van der Waals surface area contributed by atoms with Crippen LogP contribution < -0.4 is 15.5 Å². The Balaban J connectivity index is 0.00000280. The molecule has 2 aliphatic heterocycles. The summed E-state index contributed by atoms with van der Waals surface area (Å²) in [6.45, 7) is 3.52. The SMILES string of the molecule is CN=C(NCCS(=O)(=O)N1CCSCC1)NC1CCN(c2ccccc2)C1.I. The zero-order valence-electron chi connectivity index (χ0n) is 16.2. The fourth-order valence-corrected chi connectivity index (χ4v) is 5.88. The first-order valence-electron chi connectivity index (χ1n) is 9.41. The van der Waals surface area contributed by atoms with Crippen LogP contribution in [0, 0.1) is 0 Å². The van der Waals surface area contributed by atoms with Crippen molar-refractivity contribution in [1.82, 2.24) is 14.9 Å². The van der Waals surface area contributed by atoms with E-state index in [1.165, 1.54) is 5.69 Å². The Morgan fingerprint density at radius 2 is 1.93 bits per heavy atom. The quantitative estimate of drug-likeness (QED) is 0.324. The lowest BCUT2D eigenvalue weighted by atomic mass is 10.3. The van der Waals surface area contributed by atoms with Gasteiger partial charge >= 0.3 is 0 Å². The molecule has 1 unspecified atom stereocenters. The number of thioether (sulfide) groups is 1. The number of para-hydroxylation sites is 1. The number of benzene rings is 1. The number of sulfonamides is 1. The van der Waals surface area contributed by atoms with Gasteiger partial charge in [0.1, 0.15) is 0 Å². The summed E-state index contributed by atoms with van der Waals surface area (Å²) in [6.07, 6.45) is 1.03. The Labute approximate surface area is 189 Å². The third kappa shape index (κ3) is 6.67. The van der Waals surface area contributed by atoms with Crippen LogP contribution in [0.1, 0.15) is 6.42 Å². The maximum Gasteiger partial charge on any atom is 0.215 e. The molecule has 1 aromatic carbocycles. The van der Waals surface area contributed by atoms with Crippen molar-refractivity contribution >= 4 is 57.4 Å². The molecule has 0 spiro atoms. The normalized spacial score (nSPS) is 21.2. The molecule has 10 heteroatoms. The molecular formula is C18H30IN5O2S2. The van der Waals surface area contributed by atoms with E-state index in [1.807, 2.05) is 17.8 Å². The molecule has 0 saturated carbocycles. The summed E-state index contributed by atoms with van der Waals surface area (Å²) in [6, 6.07) is 10.7. The van der Waals surface area contributed by atoms with E-state index in [1.54, 1.807) is 11.4 Å². The Kier molecular flexibility index (Phi) is 9.64. The number of hydrogen-bond acceptors (Lipinski definition) is 5. The molecule has 0 bridgehead atoms. The predicted octanol–water partition coefficient (Wildman–Crippen LogP) is 1.43. The van der Waals surface area contributed by atoms with E-state index in [-0.39, 0.29) is 29.7 Å². The molecule has 1 atom stereocenters. The number of guanidine groups is 1. The second-order valence-corrected chi connectivity index (χ2v) is 10.1. The van der Waals surface area contributed by atoms with Crippen molar-refractivity contribution in [3.63, 3.8) is 0 Å². The van der Waals surface area contributed by atoms with Crippen molar-refractivity contribution in [1.29, 1.82) is 0 Å². The first kappa shape index (κ1) is 23.6. The molecule has 0 aromatic heterocycles. The van der Waals surface area contributed by atoms with Gasteiger partial charge in [-0.1, -0.05) is 18.2 Å². The van der Waals surface area contributed by atoms with Gasteiger partial charge in [0.2, 0.25) is 10.0 Å². The molecule has 2 fully saturated rings. The zero-order valence-corrected chi connectivity index (χ0v) is 20.2. The fourth-order valence-electron chi connectivity index (χ4n) is 3.39. The van der Waals surface area contributed by atoms with Crippen molar-refractivity contribution in [2.75, 3.05) is 61.9 Å². The van der Waals surface area contributed by atoms with E-state index in [2.05, 4.69) is 44.8 Å². The van der Waals surface area contributed by atoms with Crippen LogP contribution >= 0.6 is 35.7 Å². The van der Waals surface area contributed by atoms with Gasteiger partial charge in [0.15, 0.2) is 5.96 Å². The van der Waals surface area contributed by atoms with Gasteiger partial charge < -0.3 is 15.5 Å². The van der Waals surface area contributed by atoms with E-state index in [0.29, 0.717) is 31.6 Å². The van der Waals surface area contributed by atoms with Crippen LogP contribution in [-0.4, -0.2) is 81.8 Å². The number of anilines is 1. The largest absolute Gasteiger partial charge is 0.369 e. The van der Waals surface area contributed by atoms with Gasteiger partial charge in [-0.05, 0) is 18.6 Å². The number of aliphatic imine (C=N–C) groups is 1. The highest BCUT2D eigenvalue weighted by molar-refractivity contribution is 14.0. The lowest BCUT2D eigenvalue weighted by Gasteiger charge is -2.26. The van der Waals surface area contributed by atoms with Gasteiger partial charge in [0.25, 0.3) is 0 Å². The summed E-state index contributed by atoms with van der Waals surface area (Å²) >= 11 is 1.81. The molecule has 0 amide bonds. The van der Waals surface area contributed by atoms with Gasteiger partial charge in [0.05, 0.1) is 5.75 Å². The summed E-state index contributed by atoms with van der Waals surface area (Å²) in [4.78, 5) is 6.60. The molecule has 158 valence electrons. The zero-order chi connectivity index (χ0) is 19.1. The average molecular weight is 540 g/mol. The lowest BCUT2D eigenvalue weighted by Crippen LogP contribution is -2.47. The Morgan fingerprint density at radius 3 is 2.61 bits per heavy atom. The second-order valence-electron chi connectivity index (χ2n) is 6.74. The molecule has 2 heterocycles. The van der Waals surface area contributed by atoms with Crippen LogP contribution in [0.2, 0.25) is 0 Å². The molecule has 0 radical (unpaired) electrons. The summed E-state index contributed by atoms with van der Waals surface area (Å²) in [5, 5.41) is 6.57. The third-order valence-electron chi connectivity index (χ3n) is 4.89. The predicted molar refractivity (Wildman–Crippen MR) is 130 cm³/mol. The highest BCUT2D eigenvalue weighted by Gasteiger charge is 2.25. The maximum atomic E-state index is 12.4. The summed E-state index contributed by atoms with van der Waals surface area (Å²) < 4.78 is 26.4. The molecule has 1 aromatic rings. The first-order valence-corrected chi connectivity index (χ1v) is 12.2. The summed E-state index contributed by atoms with van der Waals surface area (Å²) in [5.41, 5.74) is 1.23. The van der Waals surface area contributed by atoms with Crippen molar-refractivity contribution in [2.24, 2.45) is 4.99 Å². The Morgan fingerprint density at radius 1 is 1.21 bits per heavy atom. The van der Waals surface area contributed by atoms with E-state index < -0.39 is 10.0 Å². The average Bonchev–Trinajstić information content (AvgIpc) is 3.17. The Bertz CT molecular complexity index is 727. The van der Waals surface area contributed by atoms with Gasteiger partial charge in [-0.15, -0.1) is 24.0 Å². The molecule has 2 saturated heterocycles. The molecule has 3 rings (SSSR count). The van der Waals surface area contributed by atoms with Gasteiger partial charge in [-0.25, -0.2) is 12.7 Å². The van der Waals surface area contributed by atoms with Crippen LogP contribution in [0.4, 0.5) is 5.69 Å². The smallest absolute Gasteiger partial charge is 0.215 e. The monoisotopic (exact) mass is 539 g/mol. The summed E-state index contributed by atoms with van der Waals surface area (Å²) in [5.74, 6) is 2.53. The topological polar surface area (TPSA) is 77.0 Å². The molecular weight excluding hydrogens is 509 g/mol. The molecule has 2 N–H and O–H groups in total. The Hall–Kier alpha value is -0.720. The lowest BCUT2D eigenvalue weighted by molar-refractivity contribution is 0.443. The van der Waals surface area contributed by atoms with Crippen molar-refractivity contribution < 1.29 is 8.42 Å². The number of hydrogen-bond donors (Lipinski definition) is 2. The van der Waals surface area contributed by atoms with Crippen molar-refractivity contribution in [3.05, 3.63) is 30.3 Å². The van der Waals surface area contributed by atoms with E-state index >= 15 is 0 Å². The van der Waals surface area contributed by atoms with Gasteiger partial charge in [-0.3, -0.25) is 4.99 Å². The minimum absolute atomic E-state index is 0. The molecule has 2 aliphatic rings. The van der Waals surface area contributed by atoms with Crippen LogP contribution in [-0.2, 0) is 10.0 Å². The highest BCUT2D eigenvalue weighted by Crippen LogP contribution is 2.19. The summed E-state index contributed by atoms with van der Waals surface area (Å²) in [7, 11) is -1.47. The van der Waals surface area contributed by atoms with Crippen LogP contribution in [0.3, 0.4) is 0 Å². The molecule has 28 heavy (non-hydrogen) atoms. The maximum absolute atomic E-state index is 12.4. The van der Waals surface area contributed by atoms with Crippen LogP contribution in [0.25, 0.3) is 0 Å². The fraction of sp³-hybridized carbons (Fsp3) is 0.611. The first-order chi connectivity index (χ1) is 13.1. The standard InChI is InChI=1S/C18H29N5O2S2.HI/c1-19-18(20-8-14-27(24,25)23-10-12-26-13-11-23)21-16-7-9-22(15-16)17-5-3-2-4-6-17;/h2-6,16H,7-15H2,1H3,(H2,19,20,21);1H. The van der Waals surface area contributed by atoms with Gasteiger partial charge in [0, 0.05) is 63.0 Å². The third-order valence-corrected chi connectivity index (χ3v) is 7.70. The minimum Gasteiger partial charge on any atom is -0.369 e. The number of nitrogens with one attached hydrogen (secondary N) is 2. The number of halogens is 1. The highest BCUT2D eigenvalue weighted by atomic mass is 127. The molecule has 7 nitrogen and oxygen atoms in total. The molecule has 0 aliphatic carbocycles. The van der Waals surface area contributed by atoms with Crippen molar-refractivity contribution in [2.45, 2.75) is 12.5 Å². The number of rotatable bonds is 6. The minimum atomic E-state index is -3.19. The van der Waals surface area contributed by atoms with Crippen LogP contribution in [0.5, 0.6) is 0 Å². The van der Waals surface area contributed by atoms with E-state index in [4.69, 9.17) is 0 Å². The second kappa shape index (κ2) is 11.5. The van der Waals surface area contributed by atoms with E-state index in [9.17, 15) is 8.42 Å². The van der Waals surface area contributed by atoms with Crippen molar-refractivity contribution in [3.8, 4) is 0 Å². The number of nitrogens with zero attached hydrogens (tertiary/aromatic N) is 3.